The molecule has 2 fully saturated rings. The van der Waals surface area contributed by atoms with Crippen LogP contribution in [0, 0.1) is 11.2 Å². The predicted molar refractivity (Wildman–Crippen MR) is 142 cm³/mol. The largest absolute Gasteiger partial charge is 0.390 e. The highest BCUT2D eigenvalue weighted by molar-refractivity contribution is 6.31. The van der Waals surface area contributed by atoms with Gasteiger partial charge in [0.2, 0.25) is 11.8 Å². The Hall–Kier alpha value is -2.19. The lowest BCUT2D eigenvalue weighted by Crippen LogP contribution is -2.57. The first-order valence-corrected chi connectivity index (χ1v) is 13.3. The fraction of sp³-hybridized carbons (Fsp3) is 0.500. The van der Waals surface area contributed by atoms with Crippen molar-refractivity contribution in [2.75, 3.05) is 5.32 Å². The molecule has 5 rings (SSSR count). The van der Waals surface area contributed by atoms with E-state index < -0.39 is 34.8 Å². The molecule has 9 heteroatoms. The first-order chi connectivity index (χ1) is 17.2. The fourth-order valence-corrected chi connectivity index (χ4v) is 6.89. The van der Waals surface area contributed by atoms with E-state index in [1.165, 1.54) is 18.2 Å². The van der Waals surface area contributed by atoms with E-state index in [9.17, 15) is 14.7 Å². The van der Waals surface area contributed by atoms with Gasteiger partial charge in [-0.3, -0.25) is 9.59 Å². The Balaban J connectivity index is 1.69. The van der Waals surface area contributed by atoms with Crippen LogP contribution < -0.4 is 16.0 Å². The van der Waals surface area contributed by atoms with Crippen molar-refractivity contribution in [2.45, 2.75) is 82.0 Å². The number of aliphatic hydroxyl groups is 1. The molecule has 0 radical (unpaired) electrons. The highest BCUT2D eigenvalue weighted by Gasteiger charge is 2.66. The van der Waals surface area contributed by atoms with Gasteiger partial charge in [-0.2, -0.15) is 0 Å². The number of carbonyl (C=O) groups excluding carboxylic acids is 2. The Labute approximate surface area is 226 Å². The third-order valence-corrected chi connectivity index (χ3v) is 8.39. The van der Waals surface area contributed by atoms with Crippen molar-refractivity contribution >= 4 is 40.7 Å². The van der Waals surface area contributed by atoms with Crippen LogP contribution in [0.4, 0.5) is 10.1 Å². The maximum absolute atomic E-state index is 15.6. The lowest BCUT2D eigenvalue weighted by atomic mass is 9.62. The van der Waals surface area contributed by atoms with Gasteiger partial charge in [0.05, 0.1) is 11.6 Å². The second-order valence-corrected chi connectivity index (χ2v) is 13.1. The monoisotopic (exact) mass is 547 g/mol. The van der Waals surface area contributed by atoms with Crippen molar-refractivity contribution in [1.82, 2.24) is 10.6 Å². The van der Waals surface area contributed by atoms with Crippen LogP contribution in [0.1, 0.15) is 64.0 Å². The van der Waals surface area contributed by atoms with Crippen molar-refractivity contribution in [3.8, 4) is 0 Å². The Morgan fingerprint density at radius 1 is 1.16 bits per heavy atom. The van der Waals surface area contributed by atoms with Crippen molar-refractivity contribution in [2.24, 2.45) is 5.41 Å². The number of halogens is 3. The van der Waals surface area contributed by atoms with Gasteiger partial charge >= 0.3 is 0 Å². The van der Waals surface area contributed by atoms with Crippen molar-refractivity contribution in [1.29, 1.82) is 0 Å². The summed E-state index contributed by atoms with van der Waals surface area (Å²) in [5, 5.41) is 20.4. The van der Waals surface area contributed by atoms with E-state index in [-0.39, 0.29) is 28.8 Å². The van der Waals surface area contributed by atoms with Gasteiger partial charge in [0.1, 0.15) is 11.2 Å². The SMILES string of the molecule is CC(C)(C)C[C@H]1N[C@@H](C(=O)N[C@H]2C[C@@](C)(O)C2)[C@H](c2cc(Cl)ccc2F)[C@@]12C(=O)Nc1cc(Cl)ccc12. The summed E-state index contributed by atoms with van der Waals surface area (Å²) in [5.41, 5.74) is -0.882. The summed E-state index contributed by atoms with van der Waals surface area (Å²) < 4.78 is 15.6. The molecule has 1 spiro atoms. The molecular weight excluding hydrogens is 516 g/mol. The first-order valence-electron chi connectivity index (χ1n) is 12.6. The summed E-state index contributed by atoms with van der Waals surface area (Å²) in [7, 11) is 0. The van der Waals surface area contributed by atoms with Gasteiger partial charge in [-0.15, -0.1) is 0 Å². The second kappa shape index (κ2) is 8.94. The average molecular weight is 548 g/mol. The van der Waals surface area contributed by atoms with Crippen LogP contribution in [-0.4, -0.2) is 40.6 Å². The van der Waals surface area contributed by atoms with Crippen LogP contribution in [-0.2, 0) is 15.0 Å². The zero-order valence-corrected chi connectivity index (χ0v) is 22.8. The van der Waals surface area contributed by atoms with Crippen LogP contribution in [0.25, 0.3) is 0 Å². The number of rotatable bonds is 4. The minimum Gasteiger partial charge on any atom is -0.390 e. The summed E-state index contributed by atoms with van der Waals surface area (Å²) in [6.07, 6.45) is 1.41. The smallest absolute Gasteiger partial charge is 0.238 e. The molecule has 2 amide bonds. The van der Waals surface area contributed by atoms with Crippen molar-refractivity contribution in [3.05, 3.63) is 63.4 Å². The van der Waals surface area contributed by atoms with Gasteiger partial charge < -0.3 is 21.1 Å². The van der Waals surface area contributed by atoms with Gasteiger partial charge in [0.25, 0.3) is 0 Å². The fourth-order valence-electron chi connectivity index (χ4n) is 6.54. The number of hydrogen-bond acceptors (Lipinski definition) is 4. The Morgan fingerprint density at radius 3 is 2.46 bits per heavy atom. The van der Waals surface area contributed by atoms with Crippen LogP contribution >= 0.6 is 23.2 Å². The Bertz CT molecular complexity index is 1270. The van der Waals surface area contributed by atoms with E-state index in [0.29, 0.717) is 40.6 Å². The summed E-state index contributed by atoms with van der Waals surface area (Å²) in [5.74, 6) is -2.07. The van der Waals surface area contributed by atoms with E-state index in [4.69, 9.17) is 23.2 Å². The number of anilines is 1. The topological polar surface area (TPSA) is 90.5 Å². The van der Waals surface area contributed by atoms with E-state index in [1.807, 2.05) is 0 Å². The predicted octanol–water partition coefficient (Wildman–Crippen LogP) is 4.91. The average Bonchev–Trinajstić information content (AvgIpc) is 3.22. The zero-order chi connectivity index (χ0) is 26.9. The molecule has 0 aromatic heterocycles. The summed E-state index contributed by atoms with van der Waals surface area (Å²) in [6.45, 7) is 7.93. The summed E-state index contributed by atoms with van der Waals surface area (Å²) >= 11 is 12.6. The van der Waals surface area contributed by atoms with E-state index in [2.05, 4.69) is 36.7 Å². The molecule has 2 aliphatic heterocycles. The van der Waals surface area contributed by atoms with Crippen LogP contribution in [0.3, 0.4) is 0 Å². The zero-order valence-electron chi connectivity index (χ0n) is 21.3. The van der Waals surface area contributed by atoms with E-state index in [1.54, 1.807) is 25.1 Å². The van der Waals surface area contributed by atoms with Crippen LogP contribution in [0.2, 0.25) is 10.0 Å². The minimum absolute atomic E-state index is 0.199. The molecule has 1 saturated heterocycles. The molecule has 3 aliphatic rings. The van der Waals surface area contributed by atoms with Crippen molar-refractivity contribution < 1.29 is 19.1 Å². The normalized spacial score (nSPS) is 32.7. The number of carbonyl (C=O) groups is 2. The molecular formula is C28H32Cl2FN3O3. The standard InChI is InChI=1S/C28H32Cl2FN3O3/c1-26(2,3)13-21-28(18-7-5-15(30)10-20(18)33-25(28)36)22(17-9-14(29)6-8-19(17)31)23(34-21)24(35)32-16-11-27(4,37)12-16/h5-10,16,21-23,34,37H,11-13H2,1-4H3,(H,32,35)(H,33,36)/t16-,21-,22+,23-,27+,28+/m1/s1. The van der Waals surface area contributed by atoms with Crippen LogP contribution in [0.5, 0.6) is 0 Å². The third kappa shape index (κ3) is 4.54. The maximum atomic E-state index is 15.6. The summed E-state index contributed by atoms with van der Waals surface area (Å²) in [4.78, 5) is 27.9. The van der Waals surface area contributed by atoms with Gasteiger partial charge in [-0.05, 0) is 73.1 Å². The van der Waals surface area contributed by atoms with Gasteiger partial charge in [0, 0.05) is 33.7 Å². The van der Waals surface area contributed by atoms with Gasteiger partial charge in [0.15, 0.2) is 0 Å². The minimum atomic E-state index is -1.29. The molecule has 2 aromatic carbocycles. The second-order valence-electron chi connectivity index (χ2n) is 12.2. The lowest BCUT2D eigenvalue weighted by Gasteiger charge is -2.42. The third-order valence-electron chi connectivity index (χ3n) is 7.92. The van der Waals surface area contributed by atoms with Gasteiger partial charge in [-0.25, -0.2) is 4.39 Å². The molecule has 37 heavy (non-hydrogen) atoms. The summed E-state index contributed by atoms with van der Waals surface area (Å²) in [6, 6.07) is 7.84. The number of hydrogen-bond donors (Lipinski definition) is 4. The molecule has 6 nitrogen and oxygen atoms in total. The quantitative estimate of drug-likeness (QED) is 0.437. The molecule has 1 aliphatic carbocycles. The van der Waals surface area contributed by atoms with Gasteiger partial charge in [-0.1, -0.05) is 50.0 Å². The lowest BCUT2D eigenvalue weighted by molar-refractivity contribution is -0.127. The molecule has 0 unspecified atom stereocenters. The number of benzene rings is 2. The maximum Gasteiger partial charge on any atom is 0.238 e. The molecule has 2 aromatic rings. The molecule has 1 saturated carbocycles. The molecule has 198 valence electrons. The van der Waals surface area contributed by atoms with Crippen molar-refractivity contribution in [3.63, 3.8) is 0 Å². The molecule has 4 N–H and O–H groups in total. The number of amides is 2. The molecule has 4 atom stereocenters. The van der Waals surface area contributed by atoms with Crippen LogP contribution in [0.15, 0.2) is 36.4 Å². The number of fused-ring (bicyclic) bond motifs is 2. The molecule has 2 heterocycles. The Kier molecular flexibility index (Phi) is 6.38. The highest BCUT2D eigenvalue weighted by Crippen LogP contribution is 2.57. The Morgan fingerprint density at radius 2 is 1.81 bits per heavy atom. The van der Waals surface area contributed by atoms with E-state index >= 15 is 4.39 Å². The van der Waals surface area contributed by atoms with E-state index in [0.717, 1.165) is 0 Å². The molecule has 0 bridgehead atoms. The number of nitrogens with one attached hydrogen (secondary N) is 3. The first kappa shape index (κ1) is 26.4. The highest BCUT2D eigenvalue weighted by atomic mass is 35.5.